The summed E-state index contributed by atoms with van der Waals surface area (Å²) in [5.74, 6) is 0.926. The van der Waals surface area contributed by atoms with E-state index in [-0.39, 0.29) is 0 Å². The molecule has 0 saturated carbocycles. The van der Waals surface area contributed by atoms with E-state index in [1.54, 1.807) is 5.57 Å². The Morgan fingerprint density at radius 2 is 1.68 bits per heavy atom. The van der Waals surface area contributed by atoms with E-state index in [4.69, 9.17) is 0 Å². The van der Waals surface area contributed by atoms with Gasteiger partial charge >= 0.3 is 0 Å². The van der Waals surface area contributed by atoms with Gasteiger partial charge in [0.25, 0.3) is 0 Å². The van der Waals surface area contributed by atoms with Crippen molar-refractivity contribution in [3.8, 4) is 0 Å². The first-order valence-electron chi connectivity index (χ1n) is 10.5. The van der Waals surface area contributed by atoms with Gasteiger partial charge in [0.05, 0.1) is 0 Å². The molecule has 0 fully saturated rings. The number of hydrogen-bond donors (Lipinski definition) is 0. The number of rotatable bonds is 8. The molecule has 0 aliphatic heterocycles. The molecule has 2 aromatic rings. The van der Waals surface area contributed by atoms with Crippen LogP contribution >= 0.6 is 0 Å². The normalized spacial score (nSPS) is 17.7. The van der Waals surface area contributed by atoms with Gasteiger partial charge in [-0.3, -0.25) is 0 Å². The van der Waals surface area contributed by atoms with Crippen molar-refractivity contribution in [2.75, 3.05) is 0 Å². The topological polar surface area (TPSA) is 0 Å². The Morgan fingerprint density at radius 1 is 0.880 bits per heavy atom. The lowest BCUT2D eigenvalue weighted by atomic mass is 9.83. The van der Waals surface area contributed by atoms with E-state index in [1.165, 1.54) is 86.1 Å². The van der Waals surface area contributed by atoms with Crippen molar-refractivity contribution in [1.82, 2.24) is 0 Å². The fraction of sp³-hybridized carbons (Fsp3) is 0.520. The summed E-state index contributed by atoms with van der Waals surface area (Å²) in [5.41, 5.74) is 4.51. The number of fused-ring (bicyclic) bond motifs is 1. The minimum Gasteiger partial charge on any atom is -0.0804 e. The van der Waals surface area contributed by atoms with Crippen molar-refractivity contribution in [3.05, 3.63) is 53.6 Å². The Kier molecular flexibility index (Phi) is 6.73. The summed E-state index contributed by atoms with van der Waals surface area (Å²) in [5, 5.41) is 2.79. The molecule has 0 nitrogen and oxygen atoms in total. The monoisotopic (exact) mass is 334 g/mol. The van der Waals surface area contributed by atoms with Crippen LogP contribution in [-0.2, 0) is 6.42 Å². The van der Waals surface area contributed by atoms with Crippen molar-refractivity contribution in [1.29, 1.82) is 0 Å². The largest absolute Gasteiger partial charge is 0.0804 e. The molecule has 0 saturated heterocycles. The summed E-state index contributed by atoms with van der Waals surface area (Å²) in [4.78, 5) is 0. The first kappa shape index (κ1) is 18.2. The molecule has 1 aliphatic carbocycles. The zero-order valence-electron chi connectivity index (χ0n) is 16.2. The third-order valence-electron chi connectivity index (χ3n) is 5.83. The molecule has 1 atom stereocenters. The molecule has 2 aromatic carbocycles. The van der Waals surface area contributed by atoms with Gasteiger partial charge in [-0.25, -0.2) is 0 Å². The summed E-state index contributed by atoms with van der Waals surface area (Å²) < 4.78 is 0. The van der Waals surface area contributed by atoms with Crippen LogP contribution in [0.3, 0.4) is 0 Å². The molecule has 3 rings (SSSR count). The van der Waals surface area contributed by atoms with E-state index in [2.05, 4.69) is 56.3 Å². The lowest BCUT2D eigenvalue weighted by Crippen LogP contribution is -2.05. The molecular formula is C25H34. The van der Waals surface area contributed by atoms with Gasteiger partial charge in [0.15, 0.2) is 0 Å². The molecule has 1 aliphatic rings. The van der Waals surface area contributed by atoms with Crippen LogP contribution in [0.2, 0.25) is 0 Å². The van der Waals surface area contributed by atoms with Crippen molar-refractivity contribution < 1.29 is 0 Å². The van der Waals surface area contributed by atoms with Crippen molar-refractivity contribution >= 4 is 16.3 Å². The molecule has 0 radical (unpaired) electrons. The molecule has 0 bridgehead atoms. The van der Waals surface area contributed by atoms with Crippen molar-refractivity contribution in [2.45, 2.75) is 78.1 Å². The highest BCUT2D eigenvalue weighted by Crippen LogP contribution is 2.33. The van der Waals surface area contributed by atoms with Crippen LogP contribution in [0.4, 0.5) is 0 Å². The van der Waals surface area contributed by atoms with Crippen molar-refractivity contribution in [3.63, 3.8) is 0 Å². The third kappa shape index (κ3) is 4.97. The minimum atomic E-state index is 0.926. The lowest BCUT2D eigenvalue weighted by molar-refractivity contribution is 0.434. The molecule has 1 unspecified atom stereocenters. The molecule has 0 spiro atoms. The van der Waals surface area contributed by atoms with Crippen LogP contribution in [0, 0.1) is 5.92 Å². The zero-order valence-corrected chi connectivity index (χ0v) is 16.2. The average molecular weight is 335 g/mol. The molecule has 0 N–H and O–H groups in total. The summed E-state index contributed by atoms with van der Waals surface area (Å²) in [6.07, 6.45) is 15.7. The summed E-state index contributed by atoms with van der Waals surface area (Å²) in [6, 6.07) is 14.1. The van der Waals surface area contributed by atoms with Crippen LogP contribution in [0.5, 0.6) is 0 Å². The first-order valence-corrected chi connectivity index (χ1v) is 10.5. The Morgan fingerprint density at radius 3 is 2.44 bits per heavy atom. The zero-order chi connectivity index (χ0) is 17.5. The van der Waals surface area contributed by atoms with E-state index in [1.807, 2.05) is 0 Å². The number of allylic oxidation sites excluding steroid dienone is 2. The van der Waals surface area contributed by atoms with E-state index in [0.29, 0.717) is 0 Å². The number of unbranched alkanes of at least 4 members (excludes halogenated alkanes) is 3. The molecule has 0 heteroatoms. The smallest absolute Gasteiger partial charge is 0.0178 e. The van der Waals surface area contributed by atoms with Gasteiger partial charge in [-0.05, 0) is 71.6 Å². The maximum Gasteiger partial charge on any atom is -0.0178 e. The van der Waals surface area contributed by atoms with Crippen LogP contribution in [-0.4, -0.2) is 0 Å². The Balaban J connectivity index is 1.69. The van der Waals surface area contributed by atoms with Gasteiger partial charge in [-0.2, -0.15) is 0 Å². The summed E-state index contributed by atoms with van der Waals surface area (Å²) in [7, 11) is 0. The second-order valence-corrected chi connectivity index (χ2v) is 7.87. The lowest BCUT2D eigenvalue weighted by Gasteiger charge is -2.22. The fourth-order valence-electron chi connectivity index (χ4n) is 4.14. The molecule has 0 amide bonds. The van der Waals surface area contributed by atoms with Gasteiger partial charge in [0.2, 0.25) is 0 Å². The van der Waals surface area contributed by atoms with E-state index in [9.17, 15) is 0 Å². The molecular weight excluding hydrogens is 300 g/mol. The molecule has 134 valence electrons. The highest BCUT2D eigenvalue weighted by molar-refractivity contribution is 5.87. The van der Waals surface area contributed by atoms with Gasteiger partial charge in [0.1, 0.15) is 0 Å². The fourth-order valence-corrected chi connectivity index (χ4v) is 4.14. The summed E-state index contributed by atoms with van der Waals surface area (Å²) >= 11 is 0. The first-order chi connectivity index (χ1) is 12.3. The maximum atomic E-state index is 2.52. The molecule has 25 heavy (non-hydrogen) atoms. The highest BCUT2D eigenvalue weighted by atomic mass is 14.2. The summed E-state index contributed by atoms with van der Waals surface area (Å²) in [6.45, 7) is 4.57. The van der Waals surface area contributed by atoms with Gasteiger partial charge in [0, 0.05) is 0 Å². The predicted molar refractivity (Wildman–Crippen MR) is 112 cm³/mol. The van der Waals surface area contributed by atoms with Gasteiger partial charge in [-0.15, -0.1) is 0 Å². The average Bonchev–Trinajstić information content (AvgIpc) is 2.66. The van der Waals surface area contributed by atoms with Gasteiger partial charge < -0.3 is 0 Å². The predicted octanol–water partition coefficient (Wildman–Crippen LogP) is 7.95. The van der Waals surface area contributed by atoms with Crippen LogP contribution in [0.15, 0.2) is 42.5 Å². The third-order valence-corrected chi connectivity index (χ3v) is 5.83. The highest BCUT2D eigenvalue weighted by Gasteiger charge is 2.15. The minimum absolute atomic E-state index is 0.926. The van der Waals surface area contributed by atoms with E-state index < -0.39 is 0 Å². The number of aryl methyl sites for hydroxylation is 1. The quantitative estimate of drug-likeness (QED) is 0.430. The van der Waals surface area contributed by atoms with E-state index in [0.717, 1.165) is 5.92 Å². The second kappa shape index (κ2) is 9.22. The second-order valence-electron chi connectivity index (χ2n) is 7.87. The van der Waals surface area contributed by atoms with Crippen LogP contribution in [0.25, 0.3) is 16.3 Å². The number of hydrogen-bond acceptors (Lipinski definition) is 0. The van der Waals surface area contributed by atoms with E-state index >= 15 is 0 Å². The van der Waals surface area contributed by atoms with Crippen molar-refractivity contribution in [2.24, 2.45) is 5.92 Å². The van der Waals surface area contributed by atoms with Gasteiger partial charge in [-0.1, -0.05) is 82.4 Å². The Hall–Kier alpha value is -1.56. The standard InChI is InChI=1S/C25H34/c1-3-5-7-9-21-12-15-25-19-24(17-16-23(25)18-21)22-13-10-20(11-14-22)8-6-4-2/h12-13,15-20H,3-11,14H2,1-2H3. The SMILES string of the molecule is CCCCCc1ccc2cc(C3=CCC(CCCC)CC3)ccc2c1. The maximum absolute atomic E-state index is 2.52. The Labute approximate surface area is 154 Å². The van der Waals surface area contributed by atoms with Crippen LogP contribution in [0.1, 0.15) is 82.8 Å². The van der Waals surface area contributed by atoms with Crippen LogP contribution < -0.4 is 0 Å². The Bertz CT molecular complexity index is 707. The number of benzene rings is 2. The molecule has 0 aromatic heterocycles. The molecule has 0 heterocycles.